The first-order valence-corrected chi connectivity index (χ1v) is 8.63. The maximum absolute atomic E-state index is 10.6. The number of benzene rings is 1. The Morgan fingerprint density at radius 3 is 2.85 bits per heavy atom. The Labute approximate surface area is 171 Å². The van der Waals surface area contributed by atoms with Crippen molar-refractivity contribution in [3.63, 3.8) is 0 Å². The minimum Gasteiger partial charge on any atom is -0.493 e. The van der Waals surface area contributed by atoms with Crippen molar-refractivity contribution in [2.24, 2.45) is 4.99 Å². The molecule has 0 aliphatic carbocycles. The number of nitrogens with zero attached hydrogens (tertiary/aromatic N) is 1. The normalized spacial score (nSPS) is 18.7. The highest BCUT2D eigenvalue weighted by Crippen LogP contribution is 2.31. The van der Waals surface area contributed by atoms with Crippen molar-refractivity contribution in [2.45, 2.75) is 31.9 Å². The molecule has 0 fully saturated rings. The summed E-state index contributed by atoms with van der Waals surface area (Å²) >= 11 is 0. The van der Waals surface area contributed by atoms with E-state index >= 15 is 0 Å². The molecule has 6 nitrogen and oxygen atoms in total. The van der Waals surface area contributed by atoms with Crippen molar-refractivity contribution in [3.05, 3.63) is 54.0 Å². The fourth-order valence-electron chi connectivity index (χ4n) is 2.87. The van der Waals surface area contributed by atoms with Gasteiger partial charge in [0, 0.05) is 18.5 Å². The van der Waals surface area contributed by atoms with E-state index in [0.29, 0.717) is 18.3 Å². The van der Waals surface area contributed by atoms with Gasteiger partial charge in [-0.1, -0.05) is 18.2 Å². The second kappa shape index (κ2) is 9.27. The van der Waals surface area contributed by atoms with Gasteiger partial charge in [-0.05, 0) is 32.0 Å². The van der Waals surface area contributed by atoms with Gasteiger partial charge in [-0.3, -0.25) is 0 Å². The summed E-state index contributed by atoms with van der Waals surface area (Å²) in [6.45, 7) is 5.31. The van der Waals surface area contributed by atoms with Crippen LogP contribution in [-0.4, -0.2) is 30.8 Å². The molecule has 1 aliphatic rings. The first-order valence-electron chi connectivity index (χ1n) is 8.63. The van der Waals surface area contributed by atoms with Crippen molar-refractivity contribution in [2.75, 3.05) is 19.7 Å². The molecule has 0 amide bonds. The molecule has 26 heavy (non-hydrogen) atoms. The number of rotatable bonds is 5. The number of hydrogen-bond donors (Lipinski definition) is 3. The zero-order chi connectivity index (χ0) is 17.7. The van der Waals surface area contributed by atoms with E-state index in [1.54, 1.807) is 25.3 Å². The van der Waals surface area contributed by atoms with Gasteiger partial charge in [-0.25, -0.2) is 4.99 Å². The largest absolute Gasteiger partial charge is 0.493 e. The van der Waals surface area contributed by atoms with Crippen molar-refractivity contribution in [1.29, 1.82) is 0 Å². The topological polar surface area (TPSA) is 79.0 Å². The zero-order valence-electron chi connectivity index (χ0n) is 15.1. The Kier molecular flexibility index (Phi) is 7.33. The number of aliphatic hydroxyl groups is 1. The molecule has 2 atom stereocenters. The number of nitrogens with one attached hydrogen (secondary N) is 2. The van der Waals surface area contributed by atoms with Gasteiger partial charge in [0.1, 0.15) is 17.1 Å². The Balaban J connectivity index is 0.00000243. The predicted octanol–water partition coefficient (Wildman–Crippen LogP) is 3.18. The molecule has 0 bridgehead atoms. The molecular formula is C19H26IN3O3. The summed E-state index contributed by atoms with van der Waals surface area (Å²) in [7, 11) is 0. The molecule has 0 saturated carbocycles. The quantitative estimate of drug-likeness (QED) is 0.355. The Bertz CT molecular complexity index is 717. The SMILES string of the molecule is CCNC(=NCC(C)(O)c1ccco1)NC1CCOc2ccccc21.I. The molecule has 1 aromatic heterocycles. The molecule has 2 unspecified atom stereocenters. The first kappa shape index (κ1) is 20.6. The highest BCUT2D eigenvalue weighted by atomic mass is 127. The third-order valence-electron chi connectivity index (χ3n) is 4.21. The van der Waals surface area contributed by atoms with Crippen molar-refractivity contribution in [1.82, 2.24) is 10.6 Å². The van der Waals surface area contributed by atoms with Crippen LogP contribution in [0.2, 0.25) is 0 Å². The van der Waals surface area contributed by atoms with E-state index in [-0.39, 0.29) is 36.6 Å². The summed E-state index contributed by atoms with van der Waals surface area (Å²) in [5, 5.41) is 17.3. The average molecular weight is 471 g/mol. The highest BCUT2D eigenvalue weighted by molar-refractivity contribution is 14.0. The van der Waals surface area contributed by atoms with Crippen LogP contribution < -0.4 is 15.4 Å². The standard InChI is InChI=1S/C19H25N3O3.HI/c1-3-20-18(21-13-19(2,23)17-9-6-11-25-17)22-15-10-12-24-16-8-5-4-7-14(15)16;/h4-9,11,15,23H,3,10,12-13H2,1-2H3,(H2,20,21,22);1H. The number of ether oxygens (including phenoxy) is 1. The van der Waals surface area contributed by atoms with Gasteiger partial charge >= 0.3 is 0 Å². The van der Waals surface area contributed by atoms with Crippen molar-refractivity contribution in [3.8, 4) is 5.75 Å². The lowest BCUT2D eigenvalue weighted by Gasteiger charge is -2.28. The molecular weight excluding hydrogens is 445 g/mol. The summed E-state index contributed by atoms with van der Waals surface area (Å²) < 4.78 is 11.0. The number of furan rings is 1. The fraction of sp³-hybridized carbons (Fsp3) is 0.421. The predicted molar refractivity (Wildman–Crippen MR) is 112 cm³/mol. The Morgan fingerprint density at radius 2 is 2.12 bits per heavy atom. The Morgan fingerprint density at radius 1 is 1.31 bits per heavy atom. The molecule has 0 radical (unpaired) electrons. The van der Waals surface area contributed by atoms with E-state index in [2.05, 4.69) is 21.7 Å². The van der Waals surface area contributed by atoms with E-state index < -0.39 is 5.60 Å². The summed E-state index contributed by atoms with van der Waals surface area (Å²) in [5.74, 6) is 2.07. The number of hydrogen-bond acceptors (Lipinski definition) is 4. The molecule has 142 valence electrons. The van der Waals surface area contributed by atoms with Crippen LogP contribution in [0.3, 0.4) is 0 Å². The smallest absolute Gasteiger partial charge is 0.191 e. The molecule has 3 N–H and O–H groups in total. The molecule has 0 spiro atoms. The Hall–Kier alpha value is -1.74. The van der Waals surface area contributed by atoms with Crippen LogP contribution in [-0.2, 0) is 5.60 Å². The van der Waals surface area contributed by atoms with Crippen LogP contribution in [0.4, 0.5) is 0 Å². The lowest BCUT2D eigenvalue weighted by Crippen LogP contribution is -2.42. The van der Waals surface area contributed by atoms with E-state index in [1.807, 2.05) is 25.1 Å². The number of halogens is 1. The summed E-state index contributed by atoms with van der Waals surface area (Å²) in [6, 6.07) is 11.7. The third kappa shape index (κ3) is 4.91. The van der Waals surface area contributed by atoms with E-state index in [0.717, 1.165) is 24.3 Å². The van der Waals surface area contributed by atoms with Crippen LogP contribution in [0.15, 0.2) is 52.1 Å². The van der Waals surface area contributed by atoms with E-state index in [9.17, 15) is 5.11 Å². The maximum Gasteiger partial charge on any atom is 0.191 e. The van der Waals surface area contributed by atoms with Gasteiger partial charge in [0.25, 0.3) is 0 Å². The highest BCUT2D eigenvalue weighted by Gasteiger charge is 2.27. The second-order valence-electron chi connectivity index (χ2n) is 6.32. The third-order valence-corrected chi connectivity index (χ3v) is 4.21. The minimum absolute atomic E-state index is 0. The molecule has 0 saturated heterocycles. The summed E-state index contributed by atoms with van der Waals surface area (Å²) in [5.41, 5.74) is -0.0310. The number of fused-ring (bicyclic) bond motifs is 1. The lowest BCUT2D eigenvalue weighted by molar-refractivity contribution is 0.0436. The van der Waals surface area contributed by atoms with Gasteiger partial charge in [-0.15, -0.1) is 24.0 Å². The monoisotopic (exact) mass is 471 g/mol. The fourth-order valence-corrected chi connectivity index (χ4v) is 2.87. The van der Waals surface area contributed by atoms with Gasteiger partial charge in [0.15, 0.2) is 5.96 Å². The van der Waals surface area contributed by atoms with Crippen LogP contribution in [0.25, 0.3) is 0 Å². The molecule has 1 aromatic carbocycles. The minimum atomic E-state index is -1.15. The molecule has 1 aliphatic heterocycles. The number of guanidine groups is 1. The second-order valence-corrected chi connectivity index (χ2v) is 6.32. The first-order chi connectivity index (χ1) is 12.1. The molecule has 2 aromatic rings. The van der Waals surface area contributed by atoms with E-state index in [4.69, 9.17) is 9.15 Å². The average Bonchev–Trinajstić information content (AvgIpc) is 3.16. The van der Waals surface area contributed by atoms with Crippen LogP contribution in [0.1, 0.15) is 37.6 Å². The molecule has 2 heterocycles. The number of aliphatic imine (C=N–C) groups is 1. The van der Waals surface area contributed by atoms with Crippen LogP contribution >= 0.6 is 24.0 Å². The van der Waals surface area contributed by atoms with Gasteiger partial charge < -0.3 is 24.9 Å². The van der Waals surface area contributed by atoms with Crippen molar-refractivity contribution >= 4 is 29.9 Å². The van der Waals surface area contributed by atoms with Crippen molar-refractivity contribution < 1.29 is 14.3 Å². The van der Waals surface area contributed by atoms with Gasteiger partial charge in [-0.2, -0.15) is 0 Å². The van der Waals surface area contributed by atoms with E-state index in [1.165, 1.54) is 0 Å². The molecule has 3 rings (SSSR count). The summed E-state index contributed by atoms with van der Waals surface area (Å²) in [4.78, 5) is 4.55. The van der Waals surface area contributed by atoms with Gasteiger partial charge in [0.2, 0.25) is 0 Å². The maximum atomic E-state index is 10.6. The van der Waals surface area contributed by atoms with Crippen LogP contribution in [0, 0.1) is 0 Å². The van der Waals surface area contributed by atoms with Gasteiger partial charge in [0.05, 0.1) is 25.5 Å². The molecule has 7 heteroatoms. The lowest BCUT2D eigenvalue weighted by atomic mass is 10.0. The number of para-hydroxylation sites is 1. The van der Waals surface area contributed by atoms with Crippen LogP contribution in [0.5, 0.6) is 5.75 Å². The summed E-state index contributed by atoms with van der Waals surface area (Å²) in [6.07, 6.45) is 2.41. The zero-order valence-corrected chi connectivity index (χ0v) is 17.4.